The topological polar surface area (TPSA) is 57.8 Å². The van der Waals surface area contributed by atoms with Gasteiger partial charge in [0.25, 0.3) is 0 Å². The van der Waals surface area contributed by atoms with Crippen LogP contribution in [0.15, 0.2) is 30.5 Å². The summed E-state index contributed by atoms with van der Waals surface area (Å²) in [4.78, 5) is 11.7. The molecule has 0 aliphatic heterocycles. The van der Waals surface area contributed by atoms with Gasteiger partial charge in [-0.05, 0) is 31.0 Å². The Hall–Kier alpha value is -2.17. The van der Waals surface area contributed by atoms with Crippen LogP contribution >= 0.6 is 0 Å². The highest BCUT2D eigenvalue weighted by molar-refractivity contribution is 5.90. The van der Waals surface area contributed by atoms with E-state index >= 15 is 0 Å². The van der Waals surface area contributed by atoms with Gasteiger partial charge in [-0.25, -0.2) is 4.39 Å². The van der Waals surface area contributed by atoms with E-state index in [1.165, 1.54) is 12.1 Å². The van der Waals surface area contributed by atoms with Gasteiger partial charge in [0.2, 0.25) is 5.91 Å². The predicted octanol–water partition coefficient (Wildman–Crippen LogP) is 2.43. The second-order valence-corrected chi connectivity index (χ2v) is 4.10. The fourth-order valence-electron chi connectivity index (χ4n) is 1.58. The monoisotopic (exact) mass is 247 g/mol. The summed E-state index contributed by atoms with van der Waals surface area (Å²) in [6, 6.07) is 6.16. The molecule has 2 aromatic rings. The molecule has 2 rings (SSSR count). The van der Waals surface area contributed by atoms with E-state index in [1.807, 2.05) is 6.92 Å². The van der Waals surface area contributed by atoms with Gasteiger partial charge in [0.1, 0.15) is 11.6 Å². The molecular weight excluding hydrogens is 233 g/mol. The van der Waals surface area contributed by atoms with Crippen molar-refractivity contribution in [2.75, 3.05) is 5.32 Å². The molecule has 5 heteroatoms. The summed E-state index contributed by atoms with van der Waals surface area (Å²) in [7, 11) is 0. The molecule has 0 aliphatic carbocycles. The summed E-state index contributed by atoms with van der Waals surface area (Å²) in [5, 5.41) is 9.27. The highest BCUT2D eigenvalue weighted by Gasteiger charge is 2.06. The number of carbonyl (C=O) groups excluding carboxylic acids is 1. The summed E-state index contributed by atoms with van der Waals surface area (Å²) < 4.78 is 12.7. The molecule has 0 aliphatic rings. The Kier molecular flexibility index (Phi) is 3.72. The number of hydrogen-bond donors (Lipinski definition) is 2. The van der Waals surface area contributed by atoms with E-state index in [-0.39, 0.29) is 11.7 Å². The molecule has 0 bridgehead atoms. The molecule has 1 aromatic carbocycles. The molecule has 18 heavy (non-hydrogen) atoms. The fourth-order valence-corrected chi connectivity index (χ4v) is 1.58. The van der Waals surface area contributed by atoms with Gasteiger partial charge in [-0.3, -0.25) is 9.89 Å². The lowest BCUT2D eigenvalue weighted by molar-refractivity contribution is -0.116. The van der Waals surface area contributed by atoms with Gasteiger partial charge < -0.3 is 5.32 Å². The summed E-state index contributed by atoms with van der Waals surface area (Å²) in [5.74, 6) is 0.266. The van der Waals surface area contributed by atoms with E-state index in [2.05, 4.69) is 15.5 Å². The van der Waals surface area contributed by atoms with Gasteiger partial charge in [0.15, 0.2) is 0 Å². The zero-order valence-electron chi connectivity index (χ0n) is 10.0. The van der Waals surface area contributed by atoms with Crippen molar-refractivity contribution in [1.29, 1.82) is 0 Å². The van der Waals surface area contributed by atoms with Crippen molar-refractivity contribution in [3.63, 3.8) is 0 Å². The van der Waals surface area contributed by atoms with E-state index in [0.29, 0.717) is 18.7 Å². The maximum Gasteiger partial charge on any atom is 0.225 e. The van der Waals surface area contributed by atoms with Gasteiger partial charge in [0.05, 0.1) is 6.20 Å². The van der Waals surface area contributed by atoms with E-state index in [9.17, 15) is 9.18 Å². The maximum absolute atomic E-state index is 12.7. The fraction of sp³-hybridized carbons (Fsp3) is 0.231. The summed E-state index contributed by atoms with van der Waals surface area (Å²) in [6.07, 6.45) is 2.58. The van der Waals surface area contributed by atoms with Gasteiger partial charge in [0, 0.05) is 12.0 Å². The molecule has 0 spiro atoms. The lowest BCUT2D eigenvalue weighted by atomic mass is 10.1. The first kappa shape index (κ1) is 12.3. The highest BCUT2D eigenvalue weighted by atomic mass is 19.1. The molecule has 0 fully saturated rings. The van der Waals surface area contributed by atoms with Crippen LogP contribution in [-0.2, 0) is 11.2 Å². The smallest absolute Gasteiger partial charge is 0.225 e. The molecule has 1 amide bonds. The third-order valence-electron chi connectivity index (χ3n) is 2.65. The van der Waals surface area contributed by atoms with Crippen LogP contribution in [0.4, 0.5) is 10.2 Å². The average Bonchev–Trinajstić information content (AvgIpc) is 2.74. The first-order valence-electron chi connectivity index (χ1n) is 5.69. The Labute approximate surface area is 104 Å². The van der Waals surface area contributed by atoms with E-state index < -0.39 is 0 Å². The molecule has 1 aromatic heterocycles. The van der Waals surface area contributed by atoms with Crippen LogP contribution in [0, 0.1) is 12.7 Å². The van der Waals surface area contributed by atoms with Crippen LogP contribution in [0.3, 0.4) is 0 Å². The van der Waals surface area contributed by atoms with Crippen molar-refractivity contribution in [3.8, 4) is 0 Å². The molecular formula is C13H14FN3O. The third-order valence-corrected chi connectivity index (χ3v) is 2.65. The van der Waals surface area contributed by atoms with Gasteiger partial charge in [-0.1, -0.05) is 12.1 Å². The summed E-state index contributed by atoms with van der Waals surface area (Å²) in [5.41, 5.74) is 1.83. The number of amides is 1. The minimum absolute atomic E-state index is 0.0910. The highest BCUT2D eigenvalue weighted by Crippen LogP contribution is 2.10. The van der Waals surface area contributed by atoms with E-state index in [0.717, 1.165) is 11.1 Å². The number of H-pyrrole nitrogens is 1. The van der Waals surface area contributed by atoms with Crippen LogP contribution in [0.1, 0.15) is 17.5 Å². The van der Waals surface area contributed by atoms with Crippen LogP contribution in [0.2, 0.25) is 0 Å². The number of nitrogens with zero attached hydrogens (tertiary/aromatic N) is 1. The molecule has 2 N–H and O–H groups in total. The number of carbonyl (C=O) groups is 1. The van der Waals surface area contributed by atoms with Crippen LogP contribution in [-0.4, -0.2) is 16.1 Å². The van der Waals surface area contributed by atoms with Crippen molar-refractivity contribution in [2.45, 2.75) is 19.8 Å². The SMILES string of the molecule is Cc1cn[nH]c1NC(=O)CCc1ccc(F)cc1. The number of rotatable bonds is 4. The number of hydrogen-bond acceptors (Lipinski definition) is 2. The predicted molar refractivity (Wildman–Crippen MR) is 66.7 cm³/mol. The second-order valence-electron chi connectivity index (χ2n) is 4.10. The van der Waals surface area contributed by atoms with Gasteiger partial charge in [-0.15, -0.1) is 0 Å². The molecule has 94 valence electrons. The van der Waals surface area contributed by atoms with Crippen molar-refractivity contribution >= 4 is 11.7 Å². The number of nitrogens with one attached hydrogen (secondary N) is 2. The Bertz CT molecular complexity index is 533. The number of aryl methyl sites for hydroxylation is 2. The first-order valence-corrected chi connectivity index (χ1v) is 5.69. The summed E-state index contributed by atoms with van der Waals surface area (Å²) in [6.45, 7) is 1.86. The molecule has 0 unspecified atom stereocenters. The zero-order valence-corrected chi connectivity index (χ0v) is 10.0. The molecule has 0 saturated carbocycles. The number of aromatic amines is 1. The first-order chi connectivity index (χ1) is 8.65. The average molecular weight is 247 g/mol. The quantitative estimate of drug-likeness (QED) is 0.871. The molecule has 0 saturated heterocycles. The molecule has 0 atom stereocenters. The summed E-state index contributed by atoms with van der Waals surface area (Å²) >= 11 is 0. The van der Waals surface area contributed by atoms with Crippen LogP contribution in [0.5, 0.6) is 0 Å². The largest absolute Gasteiger partial charge is 0.311 e. The Morgan fingerprint density at radius 2 is 2.11 bits per heavy atom. The minimum atomic E-state index is -0.267. The Balaban J connectivity index is 1.85. The molecule has 4 nitrogen and oxygen atoms in total. The number of benzene rings is 1. The van der Waals surface area contributed by atoms with Gasteiger partial charge >= 0.3 is 0 Å². The maximum atomic E-state index is 12.7. The van der Waals surface area contributed by atoms with Crippen molar-refractivity contribution in [3.05, 3.63) is 47.4 Å². The van der Waals surface area contributed by atoms with Crippen LogP contribution < -0.4 is 5.32 Å². The zero-order chi connectivity index (χ0) is 13.0. The van der Waals surface area contributed by atoms with Crippen molar-refractivity contribution in [2.24, 2.45) is 0 Å². The van der Waals surface area contributed by atoms with E-state index in [1.54, 1.807) is 18.3 Å². The normalized spacial score (nSPS) is 10.3. The van der Waals surface area contributed by atoms with E-state index in [4.69, 9.17) is 0 Å². The second kappa shape index (κ2) is 5.44. The van der Waals surface area contributed by atoms with Gasteiger partial charge in [-0.2, -0.15) is 5.10 Å². The number of anilines is 1. The van der Waals surface area contributed by atoms with Crippen molar-refractivity contribution < 1.29 is 9.18 Å². The lowest BCUT2D eigenvalue weighted by Crippen LogP contribution is -2.13. The molecule has 0 radical (unpaired) electrons. The third kappa shape index (κ3) is 3.16. The van der Waals surface area contributed by atoms with Crippen molar-refractivity contribution in [1.82, 2.24) is 10.2 Å². The van der Waals surface area contributed by atoms with Crippen LogP contribution in [0.25, 0.3) is 0 Å². The molecule has 1 heterocycles. The number of aromatic nitrogens is 2. The Morgan fingerprint density at radius 3 is 2.72 bits per heavy atom. The Morgan fingerprint density at radius 1 is 1.39 bits per heavy atom. The minimum Gasteiger partial charge on any atom is -0.311 e. The lowest BCUT2D eigenvalue weighted by Gasteiger charge is -2.04. The standard InChI is InChI=1S/C13H14FN3O/c1-9-8-15-17-13(9)16-12(18)7-4-10-2-5-11(14)6-3-10/h2-3,5-6,8H,4,7H2,1H3,(H2,15,16,17,18). The number of halogens is 1.